The van der Waals surface area contributed by atoms with E-state index in [2.05, 4.69) is 52.0 Å². The van der Waals surface area contributed by atoms with Gasteiger partial charge in [-0.2, -0.15) is 0 Å². The number of guanidine groups is 1. The molecule has 2 N–H and O–H groups in total. The highest BCUT2D eigenvalue weighted by Crippen LogP contribution is 2.38. The van der Waals surface area contributed by atoms with E-state index in [-0.39, 0.29) is 35.3 Å². The van der Waals surface area contributed by atoms with E-state index >= 15 is 0 Å². The standard InChI is InChI=1S/C26H36N4O2.HI/c1-27-25(29-20-26(14-7-8-15-26)24(31)30(2)3)28-17-22-12-9-13-23(16-22)19-32-18-21-10-5-4-6-11-21;/h4-6,9-13,16H,7-8,14-15,17-20H2,1-3H3,(H2,27,28,29);1H. The summed E-state index contributed by atoms with van der Waals surface area (Å²) >= 11 is 0. The van der Waals surface area contributed by atoms with Gasteiger partial charge < -0.3 is 20.3 Å². The SMILES string of the molecule is CN=C(NCc1cccc(COCc2ccccc2)c1)NCC1(C(=O)N(C)C)CCCC1.I. The highest BCUT2D eigenvalue weighted by molar-refractivity contribution is 14.0. The lowest BCUT2D eigenvalue weighted by Crippen LogP contribution is -2.49. The van der Waals surface area contributed by atoms with Gasteiger partial charge in [-0.1, -0.05) is 67.4 Å². The minimum absolute atomic E-state index is 0. The maximum atomic E-state index is 12.8. The fraction of sp³-hybridized carbons (Fsp3) is 0.462. The fourth-order valence-electron chi connectivity index (χ4n) is 4.34. The average Bonchev–Trinajstić information content (AvgIpc) is 3.30. The van der Waals surface area contributed by atoms with Crippen molar-refractivity contribution in [2.24, 2.45) is 10.4 Å². The summed E-state index contributed by atoms with van der Waals surface area (Å²) < 4.78 is 5.86. The van der Waals surface area contributed by atoms with Crippen LogP contribution in [-0.2, 0) is 29.3 Å². The molecule has 2 aromatic rings. The maximum Gasteiger partial charge on any atom is 0.230 e. The molecule has 3 rings (SSSR count). The van der Waals surface area contributed by atoms with E-state index in [9.17, 15) is 4.79 Å². The van der Waals surface area contributed by atoms with Crippen LogP contribution < -0.4 is 10.6 Å². The van der Waals surface area contributed by atoms with Crippen LogP contribution in [0.4, 0.5) is 0 Å². The summed E-state index contributed by atoms with van der Waals surface area (Å²) in [6, 6.07) is 18.6. The molecule has 33 heavy (non-hydrogen) atoms. The zero-order valence-electron chi connectivity index (χ0n) is 20.0. The summed E-state index contributed by atoms with van der Waals surface area (Å²) in [4.78, 5) is 18.8. The topological polar surface area (TPSA) is 66.0 Å². The number of amides is 1. The zero-order valence-corrected chi connectivity index (χ0v) is 22.3. The van der Waals surface area contributed by atoms with Crippen LogP contribution in [0.3, 0.4) is 0 Å². The van der Waals surface area contributed by atoms with Gasteiger partial charge in [0.1, 0.15) is 0 Å². The molecule has 1 fully saturated rings. The Morgan fingerprint density at radius 2 is 1.61 bits per heavy atom. The summed E-state index contributed by atoms with van der Waals surface area (Å²) in [7, 11) is 5.44. The number of hydrogen-bond donors (Lipinski definition) is 2. The summed E-state index contributed by atoms with van der Waals surface area (Å²) in [6.45, 7) is 2.44. The van der Waals surface area contributed by atoms with Crippen LogP contribution in [0.5, 0.6) is 0 Å². The second-order valence-corrected chi connectivity index (χ2v) is 8.76. The number of carbonyl (C=O) groups excluding carboxylic acids is 1. The quantitative estimate of drug-likeness (QED) is 0.270. The van der Waals surface area contributed by atoms with E-state index in [1.165, 1.54) is 5.56 Å². The van der Waals surface area contributed by atoms with Gasteiger partial charge in [0.2, 0.25) is 5.91 Å². The largest absolute Gasteiger partial charge is 0.372 e. The van der Waals surface area contributed by atoms with Gasteiger partial charge in [0, 0.05) is 34.2 Å². The summed E-state index contributed by atoms with van der Waals surface area (Å²) in [5, 5.41) is 6.77. The molecule has 0 saturated heterocycles. The van der Waals surface area contributed by atoms with Crippen molar-refractivity contribution in [2.75, 3.05) is 27.7 Å². The first-order valence-electron chi connectivity index (χ1n) is 11.4. The van der Waals surface area contributed by atoms with Crippen LogP contribution in [0.15, 0.2) is 59.6 Å². The second-order valence-electron chi connectivity index (χ2n) is 8.76. The molecule has 7 heteroatoms. The number of carbonyl (C=O) groups is 1. The molecule has 0 spiro atoms. The zero-order chi connectivity index (χ0) is 22.8. The Bertz CT molecular complexity index is 896. The molecular weight excluding hydrogens is 527 g/mol. The molecule has 0 aliphatic heterocycles. The molecule has 2 aromatic carbocycles. The van der Waals surface area contributed by atoms with Crippen LogP contribution in [0.2, 0.25) is 0 Å². The monoisotopic (exact) mass is 564 g/mol. The molecule has 1 saturated carbocycles. The third-order valence-corrected chi connectivity index (χ3v) is 6.07. The molecule has 0 aromatic heterocycles. The number of nitrogens with one attached hydrogen (secondary N) is 2. The predicted octanol–water partition coefficient (Wildman–Crippen LogP) is 4.34. The van der Waals surface area contributed by atoms with Crippen molar-refractivity contribution in [3.8, 4) is 0 Å². The number of rotatable bonds is 9. The predicted molar refractivity (Wildman–Crippen MR) is 145 cm³/mol. The van der Waals surface area contributed by atoms with Crippen molar-refractivity contribution in [1.29, 1.82) is 0 Å². The van der Waals surface area contributed by atoms with Crippen molar-refractivity contribution >= 4 is 35.8 Å². The van der Waals surface area contributed by atoms with Crippen molar-refractivity contribution in [2.45, 2.75) is 45.4 Å². The number of nitrogens with zero attached hydrogens (tertiary/aromatic N) is 2. The van der Waals surface area contributed by atoms with Crippen LogP contribution in [0.25, 0.3) is 0 Å². The molecule has 1 aliphatic rings. The molecular formula is C26H37IN4O2. The van der Waals surface area contributed by atoms with Crippen molar-refractivity contribution in [3.63, 3.8) is 0 Å². The third kappa shape index (κ3) is 7.99. The Labute approximate surface area is 215 Å². The lowest BCUT2D eigenvalue weighted by atomic mass is 9.84. The van der Waals surface area contributed by atoms with Gasteiger partial charge in [-0.3, -0.25) is 9.79 Å². The maximum absolute atomic E-state index is 12.8. The van der Waals surface area contributed by atoms with Crippen molar-refractivity contribution in [1.82, 2.24) is 15.5 Å². The van der Waals surface area contributed by atoms with Gasteiger partial charge in [-0.05, 0) is 29.5 Å². The third-order valence-electron chi connectivity index (χ3n) is 6.07. The lowest BCUT2D eigenvalue weighted by molar-refractivity contribution is -0.138. The first-order chi connectivity index (χ1) is 15.5. The number of hydrogen-bond acceptors (Lipinski definition) is 3. The molecule has 1 aliphatic carbocycles. The van der Waals surface area contributed by atoms with Crippen molar-refractivity contribution in [3.05, 3.63) is 71.3 Å². The van der Waals surface area contributed by atoms with Gasteiger partial charge in [0.15, 0.2) is 5.96 Å². The first kappa shape index (κ1) is 27.1. The molecule has 1 amide bonds. The highest BCUT2D eigenvalue weighted by Gasteiger charge is 2.42. The average molecular weight is 565 g/mol. The van der Waals surface area contributed by atoms with Gasteiger partial charge in [0.05, 0.1) is 18.6 Å². The normalized spacial score (nSPS) is 14.9. The molecule has 0 bridgehead atoms. The number of halogens is 1. The minimum Gasteiger partial charge on any atom is -0.372 e. The van der Waals surface area contributed by atoms with Gasteiger partial charge in [-0.15, -0.1) is 24.0 Å². The molecule has 0 radical (unpaired) electrons. The summed E-state index contributed by atoms with van der Waals surface area (Å²) in [5.41, 5.74) is 3.16. The Hall–Kier alpha value is -2.13. The highest BCUT2D eigenvalue weighted by atomic mass is 127. The van der Waals surface area contributed by atoms with E-state index < -0.39 is 0 Å². The number of benzene rings is 2. The minimum atomic E-state index is -0.322. The van der Waals surface area contributed by atoms with Crippen LogP contribution in [0.1, 0.15) is 42.4 Å². The summed E-state index contributed by atoms with van der Waals surface area (Å²) in [6.07, 6.45) is 4.07. The molecule has 0 unspecified atom stereocenters. The Balaban J connectivity index is 0.00000385. The van der Waals surface area contributed by atoms with Gasteiger partial charge in [0.25, 0.3) is 0 Å². The van der Waals surface area contributed by atoms with Gasteiger partial charge >= 0.3 is 0 Å². The van der Waals surface area contributed by atoms with Crippen LogP contribution in [0, 0.1) is 5.41 Å². The van der Waals surface area contributed by atoms with Crippen molar-refractivity contribution < 1.29 is 9.53 Å². The van der Waals surface area contributed by atoms with E-state index in [0.29, 0.717) is 32.3 Å². The van der Waals surface area contributed by atoms with Crippen LogP contribution in [-0.4, -0.2) is 44.5 Å². The van der Waals surface area contributed by atoms with E-state index in [4.69, 9.17) is 4.74 Å². The molecule has 0 heterocycles. The Morgan fingerprint density at radius 1 is 0.970 bits per heavy atom. The van der Waals surface area contributed by atoms with E-state index in [0.717, 1.165) is 36.8 Å². The van der Waals surface area contributed by atoms with Gasteiger partial charge in [-0.25, -0.2) is 0 Å². The first-order valence-corrected chi connectivity index (χ1v) is 11.4. The number of ether oxygens (including phenoxy) is 1. The molecule has 180 valence electrons. The Morgan fingerprint density at radius 3 is 2.27 bits per heavy atom. The lowest BCUT2D eigenvalue weighted by Gasteiger charge is -2.31. The second kappa shape index (κ2) is 13.5. The fourth-order valence-corrected chi connectivity index (χ4v) is 4.34. The van der Waals surface area contributed by atoms with E-state index in [1.807, 2.05) is 32.3 Å². The molecule has 6 nitrogen and oxygen atoms in total. The summed E-state index contributed by atoms with van der Waals surface area (Å²) in [5.74, 6) is 0.926. The number of aliphatic imine (C=N–C) groups is 1. The Kier molecular flexibility index (Phi) is 11.1. The smallest absolute Gasteiger partial charge is 0.230 e. The van der Waals surface area contributed by atoms with Crippen LogP contribution >= 0.6 is 24.0 Å². The molecule has 0 atom stereocenters. The van der Waals surface area contributed by atoms with E-state index in [1.54, 1.807) is 11.9 Å².